The van der Waals surface area contributed by atoms with Crippen molar-refractivity contribution in [3.05, 3.63) is 192 Å². The molecule has 2 aromatic heterocycles. The van der Waals surface area contributed by atoms with E-state index in [1.165, 1.54) is 55.1 Å². The molecule has 0 bridgehead atoms. The van der Waals surface area contributed by atoms with E-state index >= 15 is 0 Å². The number of rotatable bonds is 3. The second-order valence-electron chi connectivity index (χ2n) is 13.6. The van der Waals surface area contributed by atoms with Crippen LogP contribution < -0.4 is 0 Å². The third kappa shape index (κ3) is 3.48. The van der Waals surface area contributed by atoms with Crippen LogP contribution in [-0.2, 0) is 5.54 Å². The highest BCUT2D eigenvalue weighted by atomic mass is 15.2. The van der Waals surface area contributed by atoms with Crippen molar-refractivity contribution in [2.45, 2.75) is 19.4 Å². The summed E-state index contributed by atoms with van der Waals surface area (Å²) < 4.78 is 2.58. The third-order valence-corrected chi connectivity index (χ3v) is 11.3. The largest absolute Gasteiger partial charge is 0.309 e. The van der Waals surface area contributed by atoms with Crippen molar-refractivity contribution in [2.24, 2.45) is 11.3 Å². The summed E-state index contributed by atoms with van der Waals surface area (Å²) in [5, 5.41) is 4.79. The molecule has 48 heavy (non-hydrogen) atoms. The standard InChI is InChI=1S/C45H33N3/c1-29-16-22-38-43-47-39-14-8-9-15-40(39)48(43)45(35-19-17-30-10-6-7-13-32(30)26-35,36-20-18-34-28-46-25-24-33(34)27-36)41-23-21-37(42(29)44(38,41)2)31-11-4-3-5-12-31/h3-28,41H,1-2H3. The summed E-state index contributed by atoms with van der Waals surface area (Å²) >= 11 is 0. The predicted octanol–water partition coefficient (Wildman–Crippen LogP) is 10.5. The van der Waals surface area contributed by atoms with Crippen molar-refractivity contribution in [1.29, 1.82) is 0 Å². The average molecular weight is 616 g/mol. The summed E-state index contributed by atoms with van der Waals surface area (Å²) in [4.78, 5) is 9.96. The molecule has 0 saturated carbocycles. The number of allylic oxidation sites excluding steroid dienone is 8. The van der Waals surface area contributed by atoms with Crippen LogP contribution in [0, 0.1) is 11.3 Å². The molecule has 2 aliphatic carbocycles. The lowest BCUT2D eigenvalue weighted by Crippen LogP contribution is -2.56. The minimum Gasteiger partial charge on any atom is -0.309 e. The van der Waals surface area contributed by atoms with Gasteiger partial charge in [0.05, 0.1) is 11.0 Å². The highest BCUT2D eigenvalue weighted by molar-refractivity contribution is 5.94. The summed E-state index contributed by atoms with van der Waals surface area (Å²) in [7, 11) is 0. The number of nitrogens with zero attached hydrogens (tertiary/aromatic N) is 3. The summed E-state index contributed by atoms with van der Waals surface area (Å²) in [5.41, 5.74) is 10.1. The Morgan fingerprint density at radius 2 is 1.40 bits per heavy atom. The second-order valence-corrected chi connectivity index (χ2v) is 13.6. The molecule has 0 radical (unpaired) electrons. The van der Waals surface area contributed by atoms with Crippen LogP contribution in [0.25, 0.3) is 43.7 Å². The van der Waals surface area contributed by atoms with Crippen LogP contribution >= 0.6 is 0 Å². The molecule has 0 amide bonds. The fourth-order valence-electron chi connectivity index (χ4n) is 9.25. The molecule has 5 aromatic carbocycles. The Bertz CT molecular complexity index is 2520. The molecule has 3 aliphatic rings. The minimum atomic E-state index is -0.638. The second kappa shape index (κ2) is 9.85. The van der Waals surface area contributed by atoms with Crippen molar-refractivity contribution in [3.8, 4) is 0 Å². The van der Waals surface area contributed by atoms with Gasteiger partial charge in [0.15, 0.2) is 0 Å². The topological polar surface area (TPSA) is 30.7 Å². The lowest BCUT2D eigenvalue weighted by atomic mass is 9.50. The first-order chi connectivity index (χ1) is 23.6. The monoisotopic (exact) mass is 615 g/mol. The highest BCUT2D eigenvalue weighted by Gasteiger charge is 2.61. The first kappa shape index (κ1) is 27.3. The Morgan fingerprint density at radius 1 is 0.688 bits per heavy atom. The Balaban J connectivity index is 1.41. The number of fused-ring (bicyclic) bond motifs is 6. The molecule has 0 N–H and O–H groups in total. The molecule has 0 fully saturated rings. The van der Waals surface area contributed by atoms with E-state index in [0.29, 0.717) is 0 Å². The Hall–Kier alpha value is -5.80. The van der Waals surface area contributed by atoms with Gasteiger partial charge in [0, 0.05) is 34.7 Å². The molecule has 3 atom stereocenters. The van der Waals surface area contributed by atoms with Crippen molar-refractivity contribution >= 4 is 43.7 Å². The van der Waals surface area contributed by atoms with E-state index in [9.17, 15) is 0 Å². The quantitative estimate of drug-likeness (QED) is 0.198. The van der Waals surface area contributed by atoms with Gasteiger partial charge in [-0.1, -0.05) is 122 Å². The maximum Gasteiger partial charge on any atom is 0.139 e. The van der Waals surface area contributed by atoms with Gasteiger partial charge >= 0.3 is 0 Å². The first-order valence-electron chi connectivity index (χ1n) is 16.8. The van der Waals surface area contributed by atoms with Crippen LogP contribution in [0.4, 0.5) is 0 Å². The van der Waals surface area contributed by atoms with E-state index < -0.39 is 5.54 Å². The summed E-state index contributed by atoms with van der Waals surface area (Å²) in [6, 6.07) is 44.5. The third-order valence-electron chi connectivity index (χ3n) is 11.3. The number of para-hydroxylation sites is 2. The van der Waals surface area contributed by atoms with E-state index in [1.807, 2.05) is 12.4 Å². The SMILES string of the molecule is CC1=CC=C2c3nc4ccccc4n3C(c3ccc4ccccc4c3)(c3ccc4cnccc4c3)C3C=CC(c4ccccc4)=C1C23C. The van der Waals surface area contributed by atoms with Crippen molar-refractivity contribution in [3.63, 3.8) is 0 Å². The van der Waals surface area contributed by atoms with Gasteiger partial charge in [-0.3, -0.25) is 4.98 Å². The summed E-state index contributed by atoms with van der Waals surface area (Å²) in [5.74, 6) is 1.05. The van der Waals surface area contributed by atoms with E-state index in [1.54, 1.807) is 0 Å². The molecule has 3 heteroatoms. The fraction of sp³-hybridized carbons (Fsp3) is 0.111. The van der Waals surface area contributed by atoms with Crippen molar-refractivity contribution < 1.29 is 0 Å². The molecule has 0 saturated heterocycles. The predicted molar refractivity (Wildman–Crippen MR) is 197 cm³/mol. The molecule has 3 heterocycles. The Labute approximate surface area is 279 Å². The van der Waals surface area contributed by atoms with Crippen LogP contribution in [0.3, 0.4) is 0 Å². The zero-order chi connectivity index (χ0) is 32.0. The van der Waals surface area contributed by atoms with Crippen LogP contribution in [0.1, 0.15) is 36.4 Å². The normalized spacial score (nSPS) is 22.8. The number of hydrogen-bond acceptors (Lipinski definition) is 2. The van der Waals surface area contributed by atoms with Gasteiger partial charge in [0.2, 0.25) is 0 Å². The van der Waals surface area contributed by atoms with Gasteiger partial charge in [0.1, 0.15) is 11.4 Å². The van der Waals surface area contributed by atoms with Gasteiger partial charge in [-0.2, -0.15) is 0 Å². The number of hydrogen-bond donors (Lipinski definition) is 0. The van der Waals surface area contributed by atoms with Gasteiger partial charge in [-0.25, -0.2) is 4.98 Å². The molecule has 7 aromatic rings. The van der Waals surface area contributed by atoms with E-state index in [0.717, 1.165) is 22.2 Å². The minimum absolute atomic E-state index is 0.0212. The van der Waals surface area contributed by atoms with Crippen LogP contribution in [0.5, 0.6) is 0 Å². The van der Waals surface area contributed by atoms with Crippen LogP contribution in [0.15, 0.2) is 169 Å². The van der Waals surface area contributed by atoms with E-state index in [4.69, 9.17) is 4.98 Å². The van der Waals surface area contributed by atoms with Crippen LogP contribution in [-0.4, -0.2) is 14.5 Å². The maximum absolute atomic E-state index is 5.51. The number of aromatic nitrogens is 3. The van der Waals surface area contributed by atoms with E-state index in [-0.39, 0.29) is 11.3 Å². The average Bonchev–Trinajstić information content (AvgIpc) is 3.52. The molecule has 1 aliphatic heterocycles. The zero-order valence-electron chi connectivity index (χ0n) is 26.9. The van der Waals surface area contributed by atoms with Gasteiger partial charge in [0.25, 0.3) is 0 Å². The molecule has 10 rings (SSSR count). The molecule has 3 nitrogen and oxygen atoms in total. The van der Waals surface area contributed by atoms with Gasteiger partial charge in [-0.15, -0.1) is 0 Å². The number of pyridine rings is 1. The zero-order valence-corrected chi connectivity index (χ0v) is 26.9. The maximum atomic E-state index is 5.51. The number of benzene rings is 5. The lowest BCUT2D eigenvalue weighted by Gasteiger charge is -2.58. The van der Waals surface area contributed by atoms with Crippen molar-refractivity contribution in [2.75, 3.05) is 0 Å². The van der Waals surface area contributed by atoms with Gasteiger partial charge < -0.3 is 4.57 Å². The highest BCUT2D eigenvalue weighted by Crippen LogP contribution is 2.66. The molecular formula is C45H33N3. The van der Waals surface area contributed by atoms with Gasteiger partial charge in [-0.05, 0) is 86.8 Å². The fourth-order valence-corrected chi connectivity index (χ4v) is 9.25. The molecule has 228 valence electrons. The van der Waals surface area contributed by atoms with Crippen LogP contribution in [0.2, 0.25) is 0 Å². The lowest BCUT2D eigenvalue weighted by molar-refractivity contribution is 0.202. The Morgan fingerprint density at radius 3 is 2.23 bits per heavy atom. The Kier molecular flexibility index (Phi) is 5.61. The van der Waals surface area contributed by atoms with Crippen molar-refractivity contribution in [1.82, 2.24) is 14.5 Å². The molecule has 0 spiro atoms. The smallest absolute Gasteiger partial charge is 0.139 e. The van der Waals surface area contributed by atoms with E-state index in [2.05, 4.69) is 169 Å². The summed E-state index contributed by atoms with van der Waals surface area (Å²) in [6.07, 6.45) is 13.4. The molecular weight excluding hydrogens is 583 g/mol. The molecule has 3 unspecified atom stereocenters. The first-order valence-corrected chi connectivity index (χ1v) is 16.8. The number of imidazole rings is 1. The summed E-state index contributed by atoms with van der Waals surface area (Å²) in [6.45, 7) is 4.76.